The van der Waals surface area contributed by atoms with Crippen LogP contribution in [-0.4, -0.2) is 26.5 Å². The van der Waals surface area contributed by atoms with E-state index in [1.54, 1.807) is 0 Å². The van der Waals surface area contributed by atoms with Crippen LogP contribution in [0.2, 0.25) is 0 Å². The zero-order chi connectivity index (χ0) is 13.9. The first-order valence-electron chi connectivity index (χ1n) is 6.14. The molecule has 0 aliphatic carbocycles. The molecule has 0 aliphatic heterocycles. The third kappa shape index (κ3) is 2.67. The van der Waals surface area contributed by atoms with E-state index < -0.39 is 0 Å². The van der Waals surface area contributed by atoms with E-state index >= 15 is 0 Å². The first-order valence-corrected chi connectivity index (χ1v) is 6.96. The van der Waals surface area contributed by atoms with E-state index in [4.69, 9.17) is 10.5 Å². The molecule has 2 aromatic heterocycles. The number of aromatic nitrogens is 4. The van der Waals surface area contributed by atoms with Gasteiger partial charge in [0, 0.05) is 10.9 Å². The van der Waals surface area contributed by atoms with Gasteiger partial charge in [0.25, 0.3) is 0 Å². The molecule has 0 radical (unpaired) electrons. The van der Waals surface area contributed by atoms with Crippen molar-refractivity contribution in [2.75, 3.05) is 12.3 Å². The average molecular weight is 287 g/mol. The summed E-state index contributed by atoms with van der Waals surface area (Å²) in [5.74, 6) is 0.155. The number of rotatable bonds is 4. The SMILES string of the molecule is CCOc1nc(N)nc(Sc2cc3ccccc3[nH]2)n1. The molecule has 1 aromatic carbocycles. The fourth-order valence-electron chi connectivity index (χ4n) is 1.79. The number of anilines is 1. The summed E-state index contributed by atoms with van der Waals surface area (Å²) in [4.78, 5) is 15.5. The minimum atomic E-state index is 0.155. The molecule has 102 valence electrons. The molecule has 0 aliphatic rings. The molecule has 0 amide bonds. The van der Waals surface area contributed by atoms with Gasteiger partial charge in [-0.1, -0.05) is 18.2 Å². The quantitative estimate of drug-likeness (QED) is 0.766. The third-order valence-corrected chi connectivity index (χ3v) is 3.40. The fraction of sp³-hybridized carbons (Fsp3) is 0.154. The van der Waals surface area contributed by atoms with E-state index in [1.807, 2.05) is 37.3 Å². The smallest absolute Gasteiger partial charge is 0.322 e. The van der Waals surface area contributed by atoms with Crippen LogP contribution in [0.1, 0.15) is 6.92 Å². The van der Waals surface area contributed by atoms with Gasteiger partial charge in [0.1, 0.15) is 0 Å². The van der Waals surface area contributed by atoms with Gasteiger partial charge in [0.05, 0.1) is 11.6 Å². The lowest BCUT2D eigenvalue weighted by molar-refractivity contribution is 0.308. The molecular formula is C13H13N5OS. The molecule has 0 saturated heterocycles. The number of fused-ring (bicyclic) bond motifs is 1. The molecule has 0 bridgehead atoms. The molecule has 20 heavy (non-hydrogen) atoms. The maximum atomic E-state index is 5.65. The fourth-order valence-corrected chi connectivity index (χ4v) is 2.60. The number of hydrogen-bond donors (Lipinski definition) is 2. The van der Waals surface area contributed by atoms with Crippen LogP contribution in [0, 0.1) is 0 Å². The lowest BCUT2D eigenvalue weighted by atomic mass is 10.3. The second-order valence-electron chi connectivity index (χ2n) is 4.01. The number of nitrogens with two attached hydrogens (primary N) is 1. The van der Waals surface area contributed by atoms with Crippen LogP contribution in [0.25, 0.3) is 10.9 Å². The van der Waals surface area contributed by atoms with Gasteiger partial charge in [0.2, 0.25) is 11.1 Å². The molecule has 3 rings (SSSR count). The summed E-state index contributed by atoms with van der Waals surface area (Å²) in [6.07, 6.45) is 0. The number of aromatic amines is 1. The van der Waals surface area contributed by atoms with Crippen molar-refractivity contribution >= 4 is 28.6 Å². The highest BCUT2D eigenvalue weighted by Crippen LogP contribution is 2.28. The third-order valence-electron chi connectivity index (χ3n) is 2.59. The summed E-state index contributed by atoms with van der Waals surface area (Å²) in [5, 5.41) is 2.59. The van der Waals surface area contributed by atoms with Crippen molar-refractivity contribution in [1.29, 1.82) is 0 Å². The van der Waals surface area contributed by atoms with Crippen LogP contribution in [0.4, 0.5) is 5.95 Å². The van der Waals surface area contributed by atoms with Crippen LogP contribution >= 0.6 is 11.8 Å². The first-order chi connectivity index (χ1) is 9.74. The van der Waals surface area contributed by atoms with Gasteiger partial charge in [-0.3, -0.25) is 0 Å². The Morgan fingerprint density at radius 2 is 2.10 bits per heavy atom. The summed E-state index contributed by atoms with van der Waals surface area (Å²) < 4.78 is 5.26. The molecule has 3 N–H and O–H groups in total. The highest BCUT2D eigenvalue weighted by atomic mass is 32.2. The number of nitrogen functional groups attached to an aromatic ring is 1. The van der Waals surface area contributed by atoms with Crippen LogP contribution in [0.15, 0.2) is 40.5 Å². The van der Waals surface area contributed by atoms with E-state index in [2.05, 4.69) is 19.9 Å². The highest BCUT2D eigenvalue weighted by molar-refractivity contribution is 7.99. The number of benzene rings is 1. The Hall–Kier alpha value is -2.28. The molecule has 0 atom stereocenters. The molecule has 6 nitrogen and oxygen atoms in total. The number of hydrogen-bond acceptors (Lipinski definition) is 6. The largest absolute Gasteiger partial charge is 0.464 e. The van der Waals surface area contributed by atoms with Gasteiger partial charge in [-0.05, 0) is 30.8 Å². The second kappa shape index (κ2) is 5.38. The van der Waals surface area contributed by atoms with E-state index in [0.717, 1.165) is 15.9 Å². The summed E-state index contributed by atoms with van der Waals surface area (Å²) in [6.45, 7) is 2.35. The second-order valence-corrected chi connectivity index (χ2v) is 5.02. The van der Waals surface area contributed by atoms with Gasteiger partial charge in [0.15, 0.2) is 0 Å². The Bertz CT molecular complexity index is 709. The van der Waals surface area contributed by atoms with Crippen molar-refractivity contribution in [2.45, 2.75) is 17.1 Å². The van der Waals surface area contributed by atoms with Crippen molar-refractivity contribution in [1.82, 2.24) is 19.9 Å². The lowest BCUT2D eigenvalue weighted by Gasteiger charge is -2.03. The van der Waals surface area contributed by atoms with E-state index in [-0.39, 0.29) is 12.0 Å². The van der Waals surface area contributed by atoms with E-state index in [0.29, 0.717) is 11.8 Å². The van der Waals surface area contributed by atoms with Crippen LogP contribution < -0.4 is 10.5 Å². The van der Waals surface area contributed by atoms with E-state index in [1.165, 1.54) is 11.8 Å². The number of nitrogens with zero attached hydrogens (tertiary/aromatic N) is 3. The molecule has 7 heteroatoms. The van der Waals surface area contributed by atoms with Gasteiger partial charge in [-0.15, -0.1) is 0 Å². The van der Waals surface area contributed by atoms with Gasteiger partial charge >= 0.3 is 6.01 Å². The highest BCUT2D eigenvalue weighted by Gasteiger charge is 2.09. The van der Waals surface area contributed by atoms with Crippen molar-refractivity contribution in [3.05, 3.63) is 30.3 Å². The topological polar surface area (TPSA) is 89.7 Å². The molecule has 0 fully saturated rings. The monoisotopic (exact) mass is 287 g/mol. The molecule has 0 spiro atoms. The average Bonchev–Trinajstić information content (AvgIpc) is 2.80. The summed E-state index contributed by atoms with van der Waals surface area (Å²) in [7, 11) is 0. The minimum absolute atomic E-state index is 0.155. The predicted molar refractivity (Wildman–Crippen MR) is 77.8 cm³/mol. The summed E-state index contributed by atoms with van der Waals surface area (Å²) in [5.41, 5.74) is 6.72. The molecule has 0 unspecified atom stereocenters. The van der Waals surface area contributed by atoms with Crippen molar-refractivity contribution in [2.24, 2.45) is 0 Å². The van der Waals surface area contributed by atoms with Crippen molar-refractivity contribution in [3.63, 3.8) is 0 Å². The molecular weight excluding hydrogens is 274 g/mol. The van der Waals surface area contributed by atoms with Crippen molar-refractivity contribution < 1.29 is 4.74 Å². The summed E-state index contributed by atoms with van der Waals surface area (Å²) in [6, 6.07) is 10.3. The van der Waals surface area contributed by atoms with E-state index in [9.17, 15) is 0 Å². The lowest BCUT2D eigenvalue weighted by Crippen LogP contribution is -2.04. The molecule has 0 saturated carbocycles. The van der Waals surface area contributed by atoms with Gasteiger partial charge in [-0.25, -0.2) is 0 Å². The zero-order valence-electron chi connectivity index (χ0n) is 10.8. The molecule has 3 aromatic rings. The maximum Gasteiger partial charge on any atom is 0.322 e. The van der Waals surface area contributed by atoms with Crippen molar-refractivity contribution in [3.8, 4) is 6.01 Å². The standard InChI is InChI=1S/C13H13N5OS/c1-2-19-12-16-11(14)17-13(18-12)20-10-7-8-5-3-4-6-9(8)15-10/h3-7,15H,2H2,1H3,(H2,14,16,17,18). The Labute approximate surface area is 119 Å². The Kier molecular flexibility index (Phi) is 3.42. The van der Waals surface area contributed by atoms with Crippen LogP contribution in [-0.2, 0) is 0 Å². The van der Waals surface area contributed by atoms with Crippen LogP contribution in [0.3, 0.4) is 0 Å². The minimum Gasteiger partial charge on any atom is -0.464 e. The van der Waals surface area contributed by atoms with Crippen LogP contribution in [0.5, 0.6) is 6.01 Å². The number of ether oxygens (including phenoxy) is 1. The number of para-hydroxylation sites is 1. The number of nitrogens with one attached hydrogen (secondary N) is 1. The maximum absolute atomic E-state index is 5.65. The Balaban J connectivity index is 1.90. The van der Waals surface area contributed by atoms with Gasteiger partial charge < -0.3 is 15.5 Å². The first kappa shape index (κ1) is 12.7. The Morgan fingerprint density at radius 3 is 2.90 bits per heavy atom. The zero-order valence-corrected chi connectivity index (χ0v) is 11.6. The summed E-state index contributed by atoms with van der Waals surface area (Å²) >= 11 is 1.39. The Morgan fingerprint density at radius 1 is 1.25 bits per heavy atom. The molecule has 2 heterocycles. The predicted octanol–water partition coefficient (Wildman–Crippen LogP) is 2.48. The number of H-pyrrole nitrogens is 1. The van der Waals surface area contributed by atoms with Gasteiger partial charge in [-0.2, -0.15) is 15.0 Å². The normalized spacial score (nSPS) is 10.8.